The summed E-state index contributed by atoms with van der Waals surface area (Å²) in [6, 6.07) is 8.59. The number of nitrogens with zero attached hydrogens (tertiary/aromatic N) is 2. The van der Waals surface area contributed by atoms with Gasteiger partial charge in [0.2, 0.25) is 5.95 Å². The van der Waals surface area contributed by atoms with Crippen LogP contribution < -0.4 is 10.6 Å². The van der Waals surface area contributed by atoms with Gasteiger partial charge in [-0.2, -0.15) is 0 Å². The topological polar surface area (TPSA) is 93.2 Å². The van der Waals surface area contributed by atoms with Gasteiger partial charge in [0.05, 0.1) is 12.7 Å². The van der Waals surface area contributed by atoms with Crippen molar-refractivity contribution in [3.8, 4) is 0 Å². The monoisotopic (exact) mass is 368 g/mol. The van der Waals surface area contributed by atoms with Crippen molar-refractivity contribution >= 4 is 23.5 Å². The molecule has 0 aliphatic heterocycles. The minimum absolute atomic E-state index is 0.282. The third kappa shape index (κ3) is 5.03. The molecule has 0 radical (unpaired) electrons. The van der Waals surface area contributed by atoms with Crippen molar-refractivity contribution in [1.82, 2.24) is 9.97 Å². The van der Waals surface area contributed by atoms with Crippen molar-refractivity contribution in [3.05, 3.63) is 47.3 Å². The Morgan fingerprint density at radius 2 is 1.89 bits per heavy atom. The number of esters is 1. The lowest BCUT2D eigenvalue weighted by molar-refractivity contribution is 0.0600. The van der Waals surface area contributed by atoms with E-state index in [1.807, 2.05) is 6.92 Å². The molecule has 0 unspecified atom stereocenters. The molecular weight excluding hydrogens is 344 g/mol. The van der Waals surface area contributed by atoms with Gasteiger partial charge in [0.25, 0.3) is 5.91 Å². The molecule has 0 saturated heterocycles. The number of rotatable bonds is 5. The Kier molecular flexibility index (Phi) is 6.01. The van der Waals surface area contributed by atoms with E-state index >= 15 is 0 Å². The minimum Gasteiger partial charge on any atom is -0.465 e. The molecule has 1 saturated carbocycles. The molecule has 1 fully saturated rings. The quantitative estimate of drug-likeness (QED) is 0.784. The van der Waals surface area contributed by atoms with Gasteiger partial charge < -0.3 is 15.4 Å². The van der Waals surface area contributed by atoms with Crippen LogP contribution in [0.3, 0.4) is 0 Å². The normalized spacial score (nSPS) is 14.4. The highest BCUT2D eigenvalue weighted by Gasteiger charge is 2.17. The first kappa shape index (κ1) is 18.8. The van der Waals surface area contributed by atoms with Gasteiger partial charge in [-0.1, -0.05) is 25.3 Å². The van der Waals surface area contributed by atoms with Crippen LogP contribution in [-0.4, -0.2) is 35.0 Å². The number of methoxy groups -OCH3 is 1. The summed E-state index contributed by atoms with van der Waals surface area (Å²) < 4.78 is 4.70. The second kappa shape index (κ2) is 8.62. The highest BCUT2D eigenvalue weighted by atomic mass is 16.5. The predicted molar refractivity (Wildman–Crippen MR) is 103 cm³/mol. The second-order valence-electron chi connectivity index (χ2n) is 6.72. The molecule has 7 heteroatoms. The van der Waals surface area contributed by atoms with E-state index in [0.717, 1.165) is 18.5 Å². The number of hydrogen-bond donors (Lipinski definition) is 2. The van der Waals surface area contributed by atoms with Gasteiger partial charge in [-0.25, -0.2) is 14.8 Å². The SMILES string of the molecule is COC(=O)c1cccc(NC(=O)c2cc(C)nc(NC3CCCCC3)n2)c1. The van der Waals surface area contributed by atoms with Crippen LogP contribution in [0.15, 0.2) is 30.3 Å². The Balaban J connectivity index is 1.73. The number of nitrogens with one attached hydrogen (secondary N) is 2. The lowest BCUT2D eigenvalue weighted by atomic mass is 9.96. The summed E-state index contributed by atoms with van der Waals surface area (Å²) in [6.07, 6.45) is 5.87. The molecule has 2 N–H and O–H groups in total. The van der Waals surface area contributed by atoms with E-state index < -0.39 is 5.97 Å². The van der Waals surface area contributed by atoms with Crippen LogP contribution in [0.5, 0.6) is 0 Å². The van der Waals surface area contributed by atoms with E-state index in [-0.39, 0.29) is 11.6 Å². The smallest absolute Gasteiger partial charge is 0.337 e. The number of aromatic nitrogens is 2. The second-order valence-corrected chi connectivity index (χ2v) is 6.72. The largest absolute Gasteiger partial charge is 0.465 e. The highest BCUT2D eigenvalue weighted by molar-refractivity contribution is 6.03. The van der Waals surface area contributed by atoms with Crippen LogP contribution in [0.2, 0.25) is 0 Å². The third-order valence-corrected chi connectivity index (χ3v) is 4.57. The van der Waals surface area contributed by atoms with Crippen molar-refractivity contribution in [3.63, 3.8) is 0 Å². The van der Waals surface area contributed by atoms with Gasteiger partial charge in [-0.3, -0.25) is 4.79 Å². The maximum absolute atomic E-state index is 12.6. The molecule has 142 valence electrons. The Labute approximate surface area is 158 Å². The Bertz CT molecular complexity index is 832. The van der Waals surface area contributed by atoms with Gasteiger partial charge in [0, 0.05) is 17.4 Å². The Morgan fingerprint density at radius 1 is 1.11 bits per heavy atom. The lowest BCUT2D eigenvalue weighted by Gasteiger charge is -2.23. The lowest BCUT2D eigenvalue weighted by Crippen LogP contribution is -2.24. The zero-order valence-electron chi connectivity index (χ0n) is 15.6. The molecule has 1 aliphatic carbocycles. The molecule has 2 aromatic rings. The number of anilines is 2. The van der Waals surface area contributed by atoms with Gasteiger partial charge >= 0.3 is 5.97 Å². The number of hydrogen-bond acceptors (Lipinski definition) is 6. The summed E-state index contributed by atoms with van der Waals surface area (Å²) in [4.78, 5) is 33.0. The highest BCUT2D eigenvalue weighted by Crippen LogP contribution is 2.20. The summed E-state index contributed by atoms with van der Waals surface area (Å²) in [5, 5.41) is 6.12. The number of ether oxygens (including phenoxy) is 1. The van der Waals surface area contributed by atoms with Crippen LogP contribution in [0.25, 0.3) is 0 Å². The Morgan fingerprint density at radius 3 is 2.63 bits per heavy atom. The summed E-state index contributed by atoms with van der Waals surface area (Å²) in [5.41, 5.74) is 1.87. The molecular formula is C20H24N4O3. The van der Waals surface area contributed by atoms with E-state index in [4.69, 9.17) is 4.74 Å². The fourth-order valence-electron chi connectivity index (χ4n) is 3.22. The van der Waals surface area contributed by atoms with Gasteiger partial charge in [-0.15, -0.1) is 0 Å². The molecule has 1 aliphatic rings. The maximum atomic E-state index is 12.6. The van der Waals surface area contributed by atoms with E-state index in [9.17, 15) is 9.59 Å². The van der Waals surface area contributed by atoms with Crippen molar-refractivity contribution in [2.45, 2.75) is 45.1 Å². The van der Waals surface area contributed by atoms with E-state index in [2.05, 4.69) is 20.6 Å². The summed E-state index contributed by atoms with van der Waals surface area (Å²) in [6.45, 7) is 1.84. The summed E-state index contributed by atoms with van der Waals surface area (Å²) in [5.74, 6) is -0.326. The number of carbonyl (C=O) groups excluding carboxylic acids is 2. The Hall–Kier alpha value is -2.96. The van der Waals surface area contributed by atoms with E-state index in [1.54, 1.807) is 30.3 Å². The number of benzene rings is 1. The van der Waals surface area contributed by atoms with Crippen molar-refractivity contribution < 1.29 is 14.3 Å². The van der Waals surface area contributed by atoms with Crippen molar-refractivity contribution in [2.24, 2.45) is 0 Å². The molecule has 0 bridgehead atoms. The first-order chi connectivity index (χ1) is 13.0. The molecule has 1 aromatic carbocycles. The first-order valence-electron chi connectivity index (χ1n) is 9.17. The molecule has 0 spiro atoms. The molecule has 1 aromatic heterocycles. The van der Waals surface area contributed by atoms with Crippen LogP contribution >= 0.6 is 0 Å². The third-order valence-electron chi connectivity index (χ3n) is 4.57. The van der Waals surface area contributed by atoms with Gasteiger partial charge in [-0.05, 0) is 44.0 Å². The predicted octanol–water partition coefficient (Wildman–Crippen LogP) is 3.57. The van der Waals surface area contributed by atoms with Crippen molar-refractivity contribution in [1.29, 1.82) is 0 Å². The number of aryl methyl sites for hydroxylation is 1. The average Bonchev–Trinajstić information content (AvgIpc) is 2.68. The van der Waals surface area contributed by atoms with Crippen LogP contribution in [0.1, 0.15) is 58.6 Å². The first-order valence-corrected chi connectivity index (χ1v) is 9.17. The standard InChI is InChI=1S/C20H24N4O3/c1-13-11-17(24-20(21-13)23-15-8-4-3-5-9-15)18(25)22-16-10-6-7-14(12-16)19(26)27-2/h6-7,10-12,15H,3-5,8-9H2,1-2H3,(H,22,25)(H,21,23,24). The zero-order chi connectivity index (χ0) is 19.2. The van der Waals surface area contributed by atoms with E-state index in [1.165, 1.54) is 26.4 Å². The molecule has 0 atom stereocenters. The molecule has 3 rings (SSSR count). The van der Waals surface area contributed by atoms with Crippen LogP contribution in [0, 0.1) is 6.92 Å². The number of amides is 1. The number of carbonyl (C=O) groups is 2. The fourth-order valence-corrected chi connectivity index (χ4v) is 3.22. The maximum Gasteiger partial charge on any atom is 0.337 e. The summed E-state index contributed by atoms with van der Waals surface area (Å²) in [7, 11) is 1.32. The van der Waals surface area contributed by atoms with Gasteiger partial charge in [0.15, 0.2) is 0 Å². The minimum atomic E-state index is -0.456. The molecule has 27 heavy (non-hydrogen) atoms. The molecule has 1 amide bonds. The average molecular weight is 368 g/mol. The van der Waals surface area contributed by atoms with Gasteiger partial charge in [0.1, 0.15) is 5.69 Å². The van der Waals surface area contributed by atoms with Crippen LogP contribution in [-0.2, 0) is 4.74 Å². The zero-order valence-corrected chi connectivity index (χ0v) is 15.6. The van der Waals surface area contributed by atoms with E-state index in [0.29, 0.717) is 23.2 Å². The molecule has 7 nitrogen and oxygen atoms in total. The fraction of sp³-hybridized carbons (Fsp3) is 0.400. The molecule has 1 heterocycles. The van der Waals surface area contributed by atoms with Crippen LogP contribution in [0.4, 0.5) is 11.6 Å². The summed E-state index contributed by atoms with van der Waals surface area (Å²) >= 11 is 0. The van der Waals surface area contributed by atoms with Crippen molar-refractivity contribution in [2.75, 3.05) is 17.7 Å².